The van der Waals surface area contributed by atoms with Gasteiger partial charge in [-0.2, -0.15) is 11.8 Å². The van der Waals surface area contributed by atoms with Crippen LogP contribution < -0.4 is 5.73 Å². The molecule has 0 bridgehead atoms. The summed E-state index contributed by atoms with van der Waals surface area (Å²) in [5.74, 6) is 0.222. The molecule has 19 heavy (non-hydrogen) atoms. The highest BCUT2D eigenvalue weighted by atomic mass is 32.2. The van der Waals surface area contributed by atoms with Crippen molar-refractivity contribution in [3.8, 4) is 0 Å². The quantitative estimate of drug-likeness (QED) is 0.920. The van der Waals surface area contributed by atoms with Gasteiger partial charge in [0.1, 0.15) is 0 Å². The predicted molar refractivity (Wildman–Crippen MR) is 81.1 cm³/mol. The SMILES string of the molecule is CC1CN(C(=O)Cc2ccccc2CN)CC(C)S1. The number of nitrogens with two attached hydrogens (primary N) is 1. The fraction of sp³-hybridized carbons (Fsp3) is 0.533. The van der Waals surface area contributed by atoms with E-state index in [0.29, 0.717) is 23.5 Å². The van der Waals surface area contributed by atoms with Gasteiger partial charge < -0.3 is 10.6 Å². The van der Waals surface area contributed by atoms with Crippen LogP contribution >= 0.6 is 11.8 Å². The lowest BCUT2D eigenvalue weighted by Gasteiger charge is -2.34. The van der Waals surface area contributed by atoms with Gasteiger partial charge in [-0.1, -0.05) is 38.1 Å². The first-order valence-corrected chi connectivity index (χ1v) is 7.74. The second-order valence-corrected chi connectivity index (χ2v) is 7.09. The summed E-state index contributed by atoms with van der Waals surface area (Å²) in [6.07, 6.45) is 0.470. The summed E-state index contributed by atoms with van der Waals surface area (Å²) < 4.78 is 0. The van der Waals surface area contributed by atoms with Crippen LogP contribution in [-0.2, 0) is 17.8 Å². The first kappa shape index (κ1) is 14.4. The molecule has 0 spiro atoms. The van der Waals surface area contributed by atoms with Gasteiger partial charge in [0.15, 0.2) is 0 Å². The third kappa shape index (κ3) is 3.74. The van der Waals surface area contributed by atoms with Crippen molar-refractivity contribution in [2.75, 3.05) is 13.1 Å². The first-order valence-electron chi connectivity index (χ1n) is 6.80. The highest BCUT2D eigenvalue weighted by molar-refractivity contribution is 8.00. The van der Waals surface area contributed by atoms with E-state index in [2.05, 4.69) is 13.8 Å². The molecule has 0 aliphatic carbocycles. The molecule has 2 atom stereocenters. The van der Waals surface area contributed by atoms with Crippen LogP contribution in [-0.4, -0.2) is 34.4 Å². The molecule has 1 aromatic carbocycles. The monoisotopic (exact) mass is 278 g/mol. The van der Waals surface area contributed by atoms with Crippen LogP contribution in [0, 0.1) is 0 Å². The van der Waals surface area contributed by atoms with Gasteiger partial charge in [0.2, 0.25) is 5.91 Å². The second-order valence-electron chi connectivity index (χ2n) is 5.21. The molecule has 1 aliphatic heterocycles. The van der Waals surface area contributed by atoms with Gasteiger partial charge in [-0.25, -0.2) is 0 Å². The molecule has 0 saturated carbocycles. The van der Waals surface area contributed by atoms with Crippen molar-refractivity contribution in [2.45, 2.75) is 37.3 Å². The third-order valence-corrected chi connectivity index (χ3v) is 4.68. The molecule has 1 heterocycles. The van der Waals surface area contributed by atoms with Gasteiger partial charge in [-0.05, 0) is 11.1 Å². The van der Waals surface area contributed by atoms with Gasteiger partial charge >= 0.3 is 0 Å². The van der Waals surface area contributed by atoms with Crippen LogP contribution in [0.15, 0.2) is 24.3 Å². The number of rotatable bonds is 3. The Kier molecular flexibility index (Phi) is 4.88. The Morgan fingerprint density at radius 3 is 2.42 bits per heavy atom. The largest absolute Gasteiger partial charge is 0.340 e. The first-order chi connectivity index (χ1) is 9.10. The average Bonchev–Trinajstić information content (AvgIpc) is 2.38. The van der Waals surface area contributed by atoms with Crippen molar-refractivity contribution in [3.63, 3.8) is 0 Å². The van der Waals surface area contributed by atoms with E-state index >= 15 is 0 Å². The topological polar surface area (TPSA) is 46.3 Å². The smallest absolute Gasteiger partial charge is 0.227 e. The standard InChI is InChI=1S/C15H22N2OS/c1-11-9-17(10-12(2)19-11)15(18)7-13-5-3-4-6-14(13)8-16/h3-6,11-12H,7-10,16H2,1-2H3. The fourth-order valence-corrected chi connectivity index (χ4v) is 3.91. The zero-order valence-electron chi connectivity index (χ0n) is 11.6. The fourth-order valence-electron chi connectivity index (χ4n) is 2.59. The maximum Gasteiger partial charge on any atom is 0.227 e. The molecular formula is C15H22N2OS. The van der Waals surface area contributed by atoms with Crippen LogP contribution in [0.1, 0.15) is 25.0 Å². The molecule has 1 aromatic rings. The molecule has 2 N–H and O–H groups in total. The van der Waals surface area contributed by atoms with E-state index in [0.717, 1.165) is 24.2 Å². The molecule has 1 amide bonds. The molecule has 104 valence electrons. The molecular weight excluding hydrogens is 256 g/mol. The minimum atomic E-state index is 0.222. The minimum absolute atomic E-state index is 0.222. The predicted octanol–water partition coefficient (Wildman–Crippen LogP) is 2.04. The van der Waals surface area contributed by atoms with E-state index in [9.17, 15) is 4.79 Å². The number of carbonyl (C=O) groups excluding carboxylic acids is 1. The third-order valence-electron chi connectivity index (χ3n) is 3.45. The van der Waals surface area contributed by atoms with Gasteiger partial charge in [-0.3, -0.25) is 4.79 Å². The average molecular weight is 278 g/mol. The maximum absolute atomic E-state index is 12.4. The lowest BCUT2D eigenvalue weighted by molar-refractivity contribution is -0.130. The number of carbonyl (C=O) groups is 1. The lowest BCUT2D eigenvalue weighted by atomic mass is 10.0. The molecule has 4 heteroatoms. The van der Waals surface area contributed by atoms with E-state index in [1.807, 2.05) is 40.9 Å². The molecule has 2 unspecified atom stereocenters. The van der Waals surface area contributed by atoms with Crippen molar-refractivity contribution in [3.05, 3.63) is 35.4 Å². The van der Waals surface area contributed by atoms with Crippen LogP contribution in [0.25, 0.3) is 0 Å². The summed E-state index contributed by atoms with van der Waals surface area (Å²) in [4.78, 5) is 14.4. The van der Waals surface area contributed by atoms with E-state index in [-0.39, 0.29) is 5.91 Å². The Morgan fingerprint density at radius 2 is 1.84 bits per heavy atom. The van der Waals surface area contributed by atoms with Crippen LogP contribution in [0.3, 0.4) is 0 Å². The number of nitrogens with zero attached hydrogens (tertiary/aromatic N) is 1. The van der Waals surface area contributed by atoms with Crippen molar-refractivity contribution in [1.82, 2.24) is 4.90 Å². The zero-order chi connectivity index (χ0) is 13.8. The summed E-state index contributed by atoms with van der Waals surface area (Å²) in [5.41, 5.74) is 7.86. The Hall–Kier alpha value is -1.00. The van der Waals surface area contributed by atoms with Gasteiger partial charge in [0.25, 0.3) is 0 Å². The van der Waals surface area contributed by atoms with Crippen LogP contribution in [0.5, 0.6) is 0 Å². The zero-order valence-corrected chi connectivity index (χ0v) is 12.5. The Balaban J connectivity index is 2.04. The number of benzene rings is 1. The number of thioether (sulfide) groups is 1. The molecule has 0 aromatic heterocycles. The van der Waals surface area contributed by atoms with Crippen molar-refractivity contribution >= 4 is 17.7 Å². The van der Waals surface area contributed by atoms with Crippen molar-refractivity contribution in [2.24, 2.45) is 5.73 Å². The van der Waals surface area contributed by atoms with Crippen LogP contribution in [0.4, 0.5) is 0 Å². The molecule has 1 aliphatic rings. The summed E-state index contributed by atoms with van der Waals surface area (Å²) in [6.45, 7) is 6.59. The minimum Gasteiger partial charge on any atom is -0.340 e. The van der Waals surface area contributed by atoms with Gasteiger partial charge in [0.05, 0.1) is 6.42 Å². The van der Waals surface area contributed by atoms with E-state index in [4.69, 9.17) is 5.73 Å². The molecule has 0 radical (unpaired) electrons. The number of amides is 1. The molecule has 3 nitrogen and oxygen atoms in total. The van der Waals surface area contributed by atoms with Crippen LogP contribution in [0.2, 0.25) is 0 Å². The molecule has 1 fully saturated rings. The molecule has 1 saturated heterocycles. The van der Waals surface area contributed by atoms with Crippen molar-refractivity contribution in [1.29, 1.82) is 0 Å². The van der Waals surface area contributed by atoms with Gasteiger partial charge in [-0.15, -0.1) is 0 Å². The Labute approximate surface area is 119 Å². The lowest BCUT2D eigenvalue weighted by Crippen LogP contribution is -2.44. The summed E-state index contributed by atoms with van der Waals surface area (Å²) in [5, 5.41) is 1.05. The van der Waals surface area contributed by atoms with E-state index < -0.39 is 0 Å². The Bertz CT molecular complexity index is 440. The number of hydrogen-bond acceptors (Lipinski definition) is 3. The maximum atomic E-state index is 12.4. The second kappa shape index (κ2) is 6.44. The normalized spacial score (nSPS) is 23.4. The summed E-state index contributed by atoms with van der Waals surface area (Å²) >= 11 is 1.96. The van der Waals surface area contributed by atoms with Crippen molar-refractivity contribution < 1.29 is 4.79 Å². The van der Waals surface area contributed by atoms with Gasteiger partial charge in [0, 0.05) is 30.1 Å². The summed E-state index contributed by atoms with van der Waals surface area (Å²) in [7, 11) is 0. The highest BCUT2D eigenvalue weighted by Gasteiger charge is 2.25. The molecule has 2 rings (SSSR count). The Morgan fingerprint density at radius 1 is 1.26 bits per heavy atom. The highest BCUT2D eigenvalue weighted by Crippen LogP contribution is 2.25. The van der Waals surface area contributed by atoms with E-state index in [1.54, 1.807) is 0 Å². The van der Waals surface area contributed by atoms with E-state index in [1.165, 1.54) is 0 Å². The summed E-state index contributed by atoms with van der Waals surface area (Å²) in [6, 6.07) is 7.95. The number of hydrogen-bond donors (Lipinski definition) is 1.